The van der Waals surface area contributed by atoms with Crippen LogP contribution in [0, 0.1) is 0 Å². The third kappa shape index (κ3) is 3.04. The van der Waals surface area contributed by atoms with Gasteiger partial charge in [-0.3, -0.25) is 24.3 Å². The van der Waals surface area contributed by atoms with E-state index in [-0.39, 0.29) is 17.2 Å². The predicted octanol–water partition coefficient (Wildman–Crippen LogP) is 2.98. The molecule has 2 aromatic carbocycles. The zero-order chi connectivity index (χ0) is 21.4. The van der Waals surface area contributed by atoms with E-state index < -0.39 is 17.8 Å². The summed E-state index contributed by atoms with van der Waals surface area (Å²) in [4.78, 5) is 50.9. The summed E-state index contributed by atoms with van der Waals surface area (Å²) in [6, 6.07) is 12.8. The number of fused-ring (bicyclic) bond motifs is 1. The summed E-state index contributed by atoms with van der Waals surface area (Å²) >= 11 is 0. The minimum Gasteiger partial charge on any atom is -0.495 e. The zero-order valence-electron chi connectivity index (χ0n) is 16.2. The number of nitrogens with one attached hydrogen (secondary N) is 1. The van der Waals surface area contributed by atoms with E-state index in [9.17, 15) is 19.2 Å². The number of imide groups is 2. The number of ether oxygens (including phenoxy) is 1. The molecule has 30 heavy (non-hydrogen) atoms. The molecule has 0 spiro atoms. The second kappa shape index (κ2) is 7.32. The molecule has 4 rings (SSSR count). The second-order valence-corrected chi connectivity index (χ2v) is 6.62. The molecule has 1 aromatic heterocycles. The number of benzene rings is 2. The van der Waals surface area contributed by atoms with E-state index in [0.29, 0.717) is 22.2 Å². The monoisotopic (exact) mass is 403 g/mol. The first-order chi connectivity index (χ1) is 14.4. The summed E-state index contributed by atoms with van der Waals surface area (Å²) in [6.07, 6.45) is 2.94. The van der Waals surface area contributed by atoms with Crippen molar-refractivity contribution in [3.05, 3.63) is 65.9 Å². The van der Waals surface area contributed by atoms with Crippen molar-refractivity contribution in [3.8, 4) is 5.75 Å². The Hall–Kier alpha value is -4.20. The van der Waals surface area contributed by atoms with Crippen LogP contribution in [0.5, 0.6) is 5.75 Å². The number of barbiturate groups is 1. The largest absolute Gasteiger partial charge is 0.495 e. The van der Waals surface area contributed by atoms with Gasteiger partial charge in [-0.25, -0.2) is 9.69 Å². The number of hydrogen-bond acceptors (Lipinski definition) is 5. The maximum Gasteiger partial charge on any atom is 0.336 e. The van der Waals surface area contributed by atoms with Crippen LogP contribution >= 0.6 is 0 Å². The van der Waals surface area contributed by atoms with Crippen LogP contribution in [0.15, 0.2) is 60.3 Å². The molecule has 8 heteroatoms. The van der Waals surface area contributed by atoms with Crippen molar-refractivity contribution in [3.63, 3.8) is 0 Å². The molecular formula is C22H17N3O5. The average molecular weight is 403 g/mol. The van der Waals surface area contributed by atoms with Crippen LogP contribution in [-0.4, -0.2) is 35.4 Å². The molecule has 0 radical (unpaired) electrons. The van der Waals surface area contributed by atoms with Gasteiger partial charge in [0.15, 0.2) is 0 Å². The quantitative estimate of drug-likeness (QED) is 0.536. The van der Waals surface area contributed by atoms with E-state index in [2.05, 4.69) is 5.32 Å². The van der Waals surface area contributed by atoms with Gasteiger partial charge in [0.05, 0.1) is 18.3 Å². The molecule has 1 aliphatic heterocycles. The van der Waals surface area contributed by atoms with E-state index in [1.807, 2.05) is 0 Å². The molecule has 150 valence electrons. The Balaban J connectivity index is 1.85. The molecule has 4 amide bonds. The van der Waals surface area contributed by atoms with Crippen LogP contribution in [0.4, 0.5) is 10.5 Å². The van der Waals surface area contributed by atoms with Gasteiger partial charge in [-0.1, -0.05) is 30.3 Å². The van der Waals surface area contributed by atoms with Gasteiger partial charge in [0.2, 0.25) is 5.91 Å². The van der Waals surface area contributed by atoms with E-state index in [4.69, 9.17) is 4.74 Å². The number of carbonyl (C=O) groups is 4. The molecule has 1 saturated heterocycles. The van der Waals surface area contributed by atoms with Crippen molar-refractivity contribution in [2.24, 2.45) is 0 Å². The van der Waals surface area contributed by atoms with Crippen LogP contribution in [-0.2, 0) is 9.59 Å². The molecule has 0 atom stereocenters. The molecule has 3 aromatic rings. The smallest absolute Gasteiger partial charge is 0.336 e. The Kier molecular flexibility index (Phi) is 4.67. The minimum absolute atomic E-state index is 0.207. The number of anilines is 1. The molecule has 1 N–H and O–H groups in total. The standard InChI is InChI=1S/C22H17N3O5/c1-13(26)24-12-14(15-7-3-4-8-17(15)24)11-16-20(27)23-22(29)25(21(16)28)18-9-5-6-10-19(18)30-2/h3-12H,1-2H3,(H,23,27,29)/b16-11+. The maximum atomic E-state index is 13.1. The molecule has 8 nitrogen and oxygen atoms in total. The van der Waals surface area contributed by atoms with Crippen LogP contribution in [0.25, 0.3) is 17.0 Å². The summed E-state index contributed by atoms with van der Waals surface area (Å²) < 4.78 is 6.68. The maximum absolute atomic E-state index is 13.1. The van der Waals surface area contributed by atoms with Gasteiger partial charge in [0.1, 0.15) is 11.3 Å². The van der Waals surface area contributed by atoms with Crippen LogP contribution in [0.2, 0.25) is 0 Å². The summed E-state index contributed by atoms with van der Waals surface area (Å²) in [5.41, 5.74) is 1.14. The van der Waals surface area contributed by atoms with Gasteiger partial charge >= 0.3 is 6.03 Å². The van der Waals surface area contributed by atoms with Gasteiger partial charge < -0.3 is 4.74 Å². The molecule has 0 aliphatic carbocycles. The van der Waals surface area contributed by atoms with Crippen molar-refractivity contribution in [1.82, 2.24) is 9.88 Å². The van der Waals surface area contributed by atoms with E-state index in [0.717, 1.165) is 4.90 Å². The van der Waals surface area contributed by atoms with Crippen LogP contribution < -0.4 is 15.0 Å². The van der Waals surface area contributed by atoms with Gasteiger partial charge in [0, 0.05) is 24.1 Å². The zero-order valence-corrected chi connectivity index (χ0v) is 16.2. The lowest BCUT2D eigenvalue weighted by atomic mass is 10.1. The van der Waals surface area contributed by atoms with Crippen LogP contribution in [0.1, 0.15) is 17.3 Å². The number of nitrogens with zero attached hydrogens (tertiary/aromatic N) is 2. The molecule has 2 heterocycles. The van der Waals surface area contributed by atoms with Crippen molar-refractivity contribution in [2.75, 3.05) is 12.0 Å². The number of rotatable bonds is 3. The van der Waals surface area contributed by atoms with Crippen molar-refractivity contribution in [1.29, 1.82) is 0 Å². The number of para-hydroxylation sites is 3. The van der Waals surface area contributed by atoms with Crippen molar-refractivity contribution < 1.29 is 23.9 Å². The van der Waals surface area contributed by atoms with E-state index in [1.54, 1.807) is 54.7 Å². The number of urea groups is 1. The molecule has 1 aliphatic rings. The minimum atomic E-state index is -0.863. The topological polar surface area (TPSA) is 97.7 Å². The van der Waals surface area contributed by atoms with Gasteiger partial charge in [-0.2, -0.15) is 0 Å². The van der Waals surface area contributed by atoms with Gasteiger partial charge in [-0.05, 0) is 24.3 Å². The molecule has 0 saturated carbocycles. The van der Waals surface area contributed by atoms with Crippen molar-refractivity contribution >= 4 is 46.4 Å². The number of aromatic nitrogens is 1. The summed E-state index contributed by atoms with van der Waals surface area (Å²) in [5, 5.41) is 2.88. The first-order valence-electron chi connectivity index (χ1n) is 9.08. The lowest BCUT2D eigenvalue weighted by Gasteiger charge is -2.27. The molecule has 0 unspecified atom stereocenters. The highest BCUT2D eigenvalue weighted by molar-refractivity contribution is 6.39. The summed E-state index contributed by atoms with van der Waals surface area (Å²) in [7, 11) is 1.42. The summed E-state index contributed by atoms with van der Waals surface area (Å²) in [6.45, 7) is 1.42. The third-order valence-corrected chi connectivity index (χ3v) is 4.81. The fourth-order valence-corrected chi connectivity index (χ4v) is 3.43. The lowest BCUT2D eigenvalue weighted by molar-refractivity contribution is -0.122. The number of methoxy groups -OCH3 is 1. The Bertz CT molecular complexity index is 1250. The summed E-state index contributed by atoms with van der Waals surface area (Å²) in [5.74, 6) is -1.49. The number of hydrogen-bond donors (Lipinski definition) is 1. The fourth-order valence-electron chi connectivity index (χ4n) is 3.43. The normalized spacial score (nSPS) is 15.6. The van der Waals surface area contributed by atoms with E-state index in [1.165, 1.54) is 24.7 Å². The fraction of sp³-hybridized carbons (Fsp3) is 0.0909. The predicted molar refractivity (Wildman–Crippen MR) is 110 cm³/mol. The molecular weight excluding hydrogens is 386 g/mol. The third-order valence-electron chi connectivity index (χ3n) is 4.81. The first-order valence-corrected chi connectivity index (χ1v) is 9.08. The Morgan fingerprint density at radius 3 is 2.47 bits per heavy atom. The van der Waals surface area contributed by atoms with Gasteiger partial charge in [0.25, 0.3) is 11.8 Å². The highest BCUT2D eigenvalue weighted by Gasteiger charge is 2.38. The molecule has 1 fully saturated rings. The second-order valence-electron chi connectivity index (χ2n) is 6.62. The number of amides is 4. The SMILES string of the molecule is COc1ccccc1N1C(=O)NC(=O)/C(=C\c2cn(C(C)=O)c3ccccc23)C1=O. The van der Waals surface area contributed by atoms with Gasteiger partial charge in [-0.15, -0.1) is 0 Å². The molecule has 0 bridgehead atoms. The lowest BCUT2D eigenvalue weighted by Crippen LogP contribution is -2.54. The highest BCUT2D eigenvalue weighted by Crippen LogP contribution is 2.31. The number of carbonyl (C=O) groups excluding carboxylic acids is 4. The first kappa shape index (κ1) is 19.1. The van der Waals surface area contributed by atoms with E-state index >= 15 is 0 Å². The Labute approximate surface area is 171 Å². The van der Waals surface area contributed by atoms with Crippen LogP contribution in [0.3, 0.4) is 0 Å². The Morgan fingerprint density at radius 1 is 1.03 bits per heavy atom. The Morgan fingerprint density at radius 2 is 1.73 bits per heavy atom. The highest BCUT2D eigenvalue weighted by atomic mass is 16.5. The average Bonchev–Trinajstić information content (AvgIpc) is 3.10. The van der Waals surface area contributed by atoms with Crippen molar-refractivity contribution in [2.45, 2.75) is 6.92 Å².